The zero-order chi connectivity index (χ0) is 15.5. The Morgan fingerprint density at radius 3 is 2.50 bits per heavy atom. The maximum Gasteiger partial charge on any atom is 0.433 e. The summed E-state index contributed by atoms with van der Waals surface area (Å²) in [6.07, 6.45) is -8.81. The van der Waals surface area contributed by atoms with E-state index in [1.54, 1.807) is 0 Å². The van der Waals surface area contributed by atoms with Gasteiger partial charge in [0.05, 0.1) is 13.0 Å². The number of alkyl halides is 5. The van der Waals surface area contributed by atoms with Crippen molar-refractivity contribution in [1.82, 2.24) is 4.98 Å². The fourth-order valence-electron chi connectivity index (χ4n) is 1.43. The minimum atomic E-state index is -4.95. The van der Waals surface area contributed by atoms with Crippen LogP contribution in [0, 0.1) is 0 Å². The van der Waals surface area contributed by atoms with Gasteiger partial charge in [-0.2, -0.15) is 13.2 Å². The summed E-state index contributed by atoms with van der Waals surface area (Å²) in [6, 6.07) is 0.758. The molecule has 0 saturated heterocycles. The fourth-order valence-corrected chi connectivity index (χ4v) is 1.99. The number of nitrogens with zero attached hydrogens (tertiary/aromatic N) is 1. The largest absolute Gasteiger partial charge is 0.466 e. The molecule has 0 N–H and O–H groups in total. The van der Waals surface area contributed by atoms with Gasteiger partial charge in [0.1, 0.15) is 11.4 Å². The lowest BCUT2D eigenvalue weighted by atomic mass is 10.1. The smallest absolute Gasteiger partial charge is 0.433 e. The van der Waals surface area contributed by atoms with E-state index in [9.17, 15) is 26.7 Å². The first kappa shape index (κ1) is 16.8. The molecule has 1 heterocycles. The minimum absolute atomic E-state index is 0.000347. The molecule has 0 bridgehead atoms. The number of ether oxygens (including phenoxy) is 1. The summed E-state index contributed by atoms with van der Waals surface area (Å²) in [5.41, 5.74) is -3.06. The van der Waals surface area contributed by atoms with Crippen molar-refractivity contribution in [2.75, 3.05) is 6.61 Å². The summed E-state index contributed by atoms with van der Waals surface area (Å²) >= 11 is 2.76. The third-order valence-corrected chi connectivity index (χ3v) is 2.92. The van der Waals surface area contributed by atoms with Crippen molar-refractivity contribution < 1.29 is 31.5 Å². The molecule has 9 heteroatoms. The van der Waals surface area contributed by atoms with E-state index in [1.165, 1.54) is 6.92 Å². The number of hydrogen-bond acceptors (Lipinski definition) is 3. The van der Waals surface area contributed by atoms with Crippen LogP contribution in [0.2, 0.25) is 0 Å². The average Bonchev–Trinajstić information content (AvgIpc) is 2.29. The summed E-state index contributed by atoms with van der Waals surface area (Å²) in [7, 11) is 0. The molecule has 0 aliphatic rings. The molecule has 1 aromatic rings. The number of aromatic nitrogens is 1. The molecule has 0 saturated carbocycles. The Bertz CT molecular complexity index is 504. The highest BCUT2D eigenvalue weighted by atomic mass is 79.9. The minimum Gasteiger partial charge on any atom is -0.466 e. The van der Waals surface area contributed by atoms with Crippen LogP contribution in [0.25, 0.3) is 0 Å². The summed E-state index contributed by atoms with van der Waals surface area (Å²) in [6.45, 7) is 1.50. The van der Waals surface area contributed by atoms with E-state index >= 15 is 0 Å². The first-order chi connectivity index (χ1) is 9.16. The van der Waals surface area contributed by atoms with E-state index < -0.39 is 41.9 Å². The number of carbonyl (C=O) groups excluding carboxylic acids is 1. The molecular weight excluding hydrogens is 353 g/mol. The number of rotatable bonds is 4. The predicted octanol–water partition coefficient (Wildman–Crippen LogP) is 3.91. The number of hydrogen-bond donors (Lipinski definition) is 0. The van der Waals surface area contributed by atoms with Crippen molar-refractivity contribution in [1.29, 1.82) is 0 Å². The highest BCUT2D eigenvalue weighted by Crippen LogP contribution is 2.36. The van der Waals surface area contributed by atoms with E-state index in [-0.39, 0.29) is 11.1 Å². The Morgan fingerprint density at radius 1 is 1.45 bits per heavy atom. The number of carbonyl (C=O) groups is 1. The molecule has 3 nitrogen and oxygen atoms in total. The molecular formula is C11H9BrF5NO2. The van der Waals surface area contributed by atoms with E-state index in [1.807, 2.05) is 0 Å². The van der Waals surface area contributed by atoms with Crippen LogP contribution in [0.3, 0.4) is 0 Å². The molecule has 0 radical (unpaired) electrons. The normalized spacial score (nSPS) is 11.8. The molecule has 0 unspecified atom stereocenters. The highest BCUT2D eigenvalue weighted by Gasteiger charge is 2.38. The topological polar surface area (TPSA) is 39.2 Å². The number of pyridine rings is 1. The summed E-state index contributed by atoms with van der Waals surface area (Å²) in [4.78, 5) is 14.2. The second kappa shape index (κ2) is 6.47. The van der Waals surface area contributed by atoms with Gasteiger partial charge in [0.25, 0.3) is 6.43 Å². The number of halogens is 6. The molecule has 0 aliphatic heterocycles. The summed E-state index contributed by atoms with van der Waals surface area (Å²) < 4.78 is 67.7. The van der Waals surface area contributed by atoms with Crippen molar-refractivity contribution in [3.63, 3.8) is 0 Å². The Labute approximate surface area is 119 Å². The van der Waals surface area contributed by atoms with Crippen LogP contribution >= 0.6 is 15.9 Å². The lowest BCUT2D eigenvalue weighted by Crippen LogP contribution is -2.18. The van der Waals surface area contributed by atoms with Crippen LogP contribution < -0.4 is 0 Å². The quantitative estimate of drug-likeness (QED) is 0.602. The Balaban J connectivity index is 3.31. The second-order valence-corrected chi connectivity index (χ2v) is 4.49. The van der Waals surface area contributed by atoms with Gasteiger partial charge in [-0.15, -0.1) is 0 Å². The predicted molar refractivity (Wildman–Crippen MR) is 62.2 cm³/mol. The van der Waals surface area contributed by atoms with Crippen LogP contribution in [-0.4, -0.2) is 17.6 Å². The van der Waals surface area contributed by atoms with Gasteiger partial charge < -0.3 is 4.74 Å². The maximum absolute atomic E-state index is 12.8. The van der Waals surface area contributed by atoms with Gasteiger partial charge in [-0.25, -0.2) is 13.8 Å². The lowest BCUT2D eigenvalue weighted by Gasteiger charge is -2.15. The fraction of sp³-hybridized carbons (Fsp3) is 0.455. The molecule has 20 heavy (non-hydrogen) atoms. The molecule has 112 valence electrons. The Kier molecular flexibility index (Phi) is 5.43. The van der Waals surface area contributed by atoms with Gasteiger partial charge in [0.15, 0.2) is 0 Å². The van der Waals surface area contributed by atoms with Crippen LogP contribution in [-0.2, 0) is 22.1 Å². The van der Waals surface area contributed by atoms with Crippen LogP contribution in [0.15, 0.2) is 10.5 Å². The van der Waals surface area contributed by atoms with Crippen molar-refractivity contribution in [2.24, 2.45) is 0 Å². The molecule has 0 atom stereocenters. The van der Waals surface area contributed by atoms with Gasteiger partial charge >= 0.3 is 12.1 Å². The molecule has 0 amide bonds. The van der Waals surface area contributed by atoms with Crippen LogP contribution in [0.1, 0.15) is 30.3 Å². The van der Waals surface area contributed by atoms with E-state index in [0.717, 1.165) is 6.07 Å². The molecule has 0 spiro atoms. The molecule has 0 aliphatic carbocycles. The Hall–Kier alpha value is -1.25. The highest BCUT2D eigenvalue weighted by molar-refractivity contribution is 9.10. The van der Waals surface area contributed by atoms with Crippen molar-refractivity contribution in [2.45, 2.75) is 25.9 Å². The maximum atomic E-state index is 12.8. The Morgan fingerprint density at radius 2 is 2.05 bits per heavy atom. The lowest BCUT2D eigenvalue weighted by molar-refractivity contribution is -0.144. The van der Waals surface area contributed by atoms with Gasteiger partial charge in [-0.3, -0.25) is 4.79 Å². The number of esters is 1. The zero-order valence-electron chi connectivity index (χ0n) is 10.1. The molecule has 0 fully saturated rings. The summed E-state index contributed by atoms with van der Waals surface area (Å²) in [5, 5.41) is 0. The monoisotopic (exact) mass is 361 g/mol. The first-order valence-corrected chi connectivity index (χ1v) is 6.16. The van der Waals surface area contributed by atoms with Crippen molar-refractivity contribution >= 4 is 21.9 Å². The van der Waals surface area contributed by atoms with Crippen molar-refractivity contribution in [3.05, 3.63) is 27.5 Å². The van der Waals surface area contributed by atoms with E-state index in [2.05, 4.69) is 25.7 Å². The van der Waals surface area contributed by atoms with Gasteiger partial charge in [-0.1, -0.05) is 15.9 Å². The van der Waals surface area contributed by atoms with E-state index in [4.69, 9.17) is 0 Å². The SMILES string of the molecule is CCOC(=O)Cc1c(Br)cc(C(F)F)nc1C(F)(F)F. The third-order valence-electron chi connectivity index (χ3n) is 2.21. The van der Waals surface area contributed by atoms with Crippen LogP contribution in [0.5, 0.6) is 0 Å². The molecule has 1 aromatic heterocycles. The molecule has 1 rings (SSSR count). The van der Waals surface area contributed by atoms with Gasteiger partial charge in [-0.05, 0) is 13.0 Å². The van der Waals surface area contributed by atoms with Crippen molar-refractivity contribution in [3.8, 4) is 0 Å². The summed E-state index contributed by atoms with van der Waals surface area (Å²) in [5.74, 6) is -0.898. The average molecular weight is 362 g/mol. The van der Waals surface area contributed by atoms with Gasteiger partial charge in [0.2, 0.25) is 0 Å². The zero-order valence-corrected chi connectivity index (χ0v) is 11.7. The standard InChI is InChI=1S/C11H9BrF5NO2/c1-2-20-8(19)3-5-6(12)4-7(10(13)14)18-9(5)11(15,16)17/h4,10H,2-3H2,1H3. The third kappa shape index (κ3) is 4.12. The van der Waals surface area contributed by atoms with E-state index in [0.29, 0.717) is 0 Å². The first-order valence-electron chi connectivity index (χ1n) is 5.37. The second-order valence-electron chi connectivity index (χ2n) is 3.64. The molecule has 0 aromatic carbocycles. The van der Waals surface area contributed by atoms with Gasteiger partial charge in [0, 0.05) is 10.0 Å². The van der Waals surface area contributed by atoms with Crippen LogP contribution in [0.4, 0.5) is 22.0 Å².